The molecule has 2 amide bonds. The van der Waals surface area contributed by atoms with Crippen LogP contribution in [0.15, 0.2) is 35.0 Å². The van der Waals surface area contributed by atoms with Crippen molar-refractivity contribution < 1.29 is 19.1 Å². The highest BCUT2D eigenvalue weighted by molar-refractivity contribution is 7.08. The zero-order chi connectivity index (χ0) is 17.9. The van der Waals surface area contributed by atoms with Crippen LogP contribution in [0.5, 0.6) is 11.5 Å². The number of nitrogens with zero attached hydrogens (tertiary/aromatic N) is 1. The summed E-state index contributed by atoms with van der Waals surface area (Å²) in [7, 11) is 0. The largest absolute Gasteiger partial charge is 0.454 e. The predicted molar refractivity (Wildman–Crippen MR) is 97.7 cm³/mol. The second kappa shape index (κ2) is 7.37. The molecule has 0 unspecified atom stereocenters. The monoisotopic (exact) mass is 372 g/mol. The lowest BCUT2D eigenvalue weighted by Crippen LogP contribution is -2.46. The van der Waals surface area contributed by atoms with Gasteiger partial charge in [-0.15, -0.1) is 0 Å². The van der Waals surface area contributed by atoms with E-state index in [-0.39, 0.29) is 24.6 Å². The van der Waals surface area contributed by atoms with Gasteiger partial charge in [-0.3, -0.25) is 9.59 Å². The fourth-order valence-corrected chi connectivity index (χ4v) is 3.91. The average molecular weight is 372 g/mol. The third-order valence-corrected chi connectivity index (χ3v) is 5.44. The molecular formula is C19H20N2O4S. The highest BCUT2D eigenvalue weighted by Crippen LogP contribution is 2.32. The van der Waals surface area contributed by atoms with E-state index in [1.54, 1.807) is 0 Å². The number of hydrogen-bond donors (Lipinski definition) is 1. The summed E-state index contributed by atoms with van der Waals surface area (Å²) >= 11 is 1.51. The molecule has 136 valence electrons. The van der Waals surface area contributed by atoms with Crippen molar-refractivity contribution in [2.45, 2.75) is 25.3 Å². The number of ether oxygens (including phenoxy) is 2. The maximum Gasteiger partial charge on any atom is 0.252 e. The lowest BCUT2D eigenvalue weighted by Gasteiger charge is -2.32. The molecule has 2 aromatic rings. The second-order valence-corrected chi connectivity index (χ2v) is 7.28. The minimum Gasteiger partial charge on any atom is -0.454 e. The summed E-state index contributed by atoms with van der Waals surface area (Å²) < 4.78 is 10.7. The first-order chi connectivity index (χ1) is 12.7. The molecule has 2 aliphatic rings. The van der Waals surface area contributed by atoms with Gasteiger partial charge in [-0.2, -0.15) is 11.3 Å². The van der Waals surface area contributed by atoms with Gasteiger partial charge in [0.15, 0.2) is 11.5 Å². The summed E-state index contributed by atoms with van der Waals surface area (Å²) in [6, 6.07) is 7.56. The van der Waals surface area contributed by atoms with Gasteiger partial charge in [0.1, 0.15) is 0 Å². The number of carbonyl (C=O) groups excluding carboxylic acids is 2. The molecule has 7 heteroatoms. The summed E-state index contributed by atoms with van der Waals surface area (Å²) in [6.07, 6.45) is 1.91. The quantitative estimate of drug-likeness (QED) is 0.895. The highest BCUT2D eigenvalue weighted by Gasteiger charge is 2.24. The Morgan fingerprint density at radius 2 is 1.96 bits per heavy atom. The molecule has 0 bridgehead atoms. The molecule has 0 aliphatic carbocycles. The zero-order valence-electron chi connectivity index (χ0n) is 14.3. The van der Waals surface area contributed by atoms with Crippen molar-refractivity contribution in [3.05, 3.63) is 46.2 Å². The maximum atomic E-state index is 12.6. The van der Waals surface area contributed by atoms with Gasteiger partial charge < -0.3 is 19.7 Å². The van der Waals surface area contributed by atoms with Crippen molar-refractivity contribution in [1.29, 1.82) is 0 Å². The smallest absolute Gasteiger partial charge is 0.252 e. The SMILES string of the molecule is O=C(NC1CCN(C(=O)Cc2ccc3c(c2)OCO3)CC1)c1ccsc1. The van der Waals surface area contributed by atoms with Crippen molar-refractivity contribution in [2.75, 3.05) is 19.9 Å². The van der Waals surface area contributed by atoms with Crippen LogP contribution >= 0.6 is 11.3 Å². The molecule has 4 rings (SSSR count). The van der Waals surface area contributed by atoms with E-state index in [2.05, 4.69) is 5.32 Å². The molecule has 6 nitrogen and oxygen atoms in total. The summed E-state index contributed by atoms with van der Waals surface area (Å²) in [5.74, 6) is 1.50. The number of fused-ring (bicyclic) bond motifs is 1. The van der Waals surface area contributed by atoms with Gasteiger partial charge in [0.25, 0.3) is 5.91 Å². The van der Waals surface area contributed by atoms with E-state index in [1.165, 1.54) is 11.3 Å². The van der Waals surface area contributed by atoms with Crippen LogP contribution in [0.4, 0.5) is 0 Å². The number of nitrogens with one attached hydrogen (secondary N) is 1. The first kappa shape index (κ1) is 16.9. The topological polar surface area (TPSA) is 67.9 Å². The standard InChI is InChI=1S/C19H20N2O4S/c22-18(10-13-1-2-16-17(9-13)25-12-24-16)21-6-3-15(4-7-21)20-19(23)14-5-8-26-11-14/h1-2,5,8-9,11,15H,3-4,6-7,10,12H2,(H,20,23). The zero-order valence-corrected chi connectivity index (χ0v) is 15.1. The van der Waals surface area contributed by atoms with E-state index in [4.69, 9.17) is 9.47 Å². The van der Waals surface area contributed by atoms with Crippen LogP contribution in [0.3, 0.4) is 0 Å². The van der Waals surface area contributed by atoms with Gasteiger partial charge in [0.05, 0.1) is 6.42 Å². The summed E-state index contributed by atoms with van der Waals surface area (Å²) in [4.78, 5) is 26.5. The lowest BCUT2D eigenvalue weighted by atomic mass is 10.0. The number of thiophene rings is 1. The Hall–Kier alpha value is -2.54. The van der Waals surface area contributed by atoms with Crippen LogP contribution < -0.4 is 14.8 Å². The Kier molecular flexibility index (Phi) is 4.79. The molecule has 0 saturated carbocycles. The predicted octanol–water partition coefficient (Wildman–Crippen LogP) is 2.44. The Morgan fingerprint density at radius 3 is 2.73 bits per heavy atom. The molecule has 0 radical (unpaired) electrons. The Bertz CT molecular complexity index is 798. The first-order valence-corrected chi connectivity index (χ1v) is 9.63. The molecule has 1 saturated heterocycles. The van der Waals surface area contributed by atoms with Crippen molar-refractivity contribution in [2.24, 2.45) is 0 Å². The van der Waals surface area contributed by atoms with Crippen molar-refractivity contribution in [3.8, 4) is 11.5 Å². The van der Waals surface area contributed by atoms with Gasteiger partial charge >= 0.3 is 0 Å². The van der Waals surface area contributed by atoms with Gasteiger partial charge in [-0.05, 0) is 42.0 Å². The van der Waals surface area contributed by atoms with E-state index >= 15 is 0 Å². The molecule has 1 aromatic carbocycles. The fourth-order valence-electron chi connectivity index (χ4n) is 3.27. The molecule has 2 aliphatic heterocycles. The second-order valence-electron chi connectivity index (χ2n) is 6.50. The maximum absolute atomic E-state index is 12.6. The Labute approximate surface area is 155 Å². The van der Waals surface area contributed by atoms with E-state index in [1.807, 2.05) is 39.9 Å². The molecule has 26 heavy (non-hydrogen) atoms. The molecule has 3 heterocycles. The first-order valence-electron chi connectivity index (χ1n) is 8.68. The molecule has 1 N–H and O–H groups in total. The van der Waals surface area contributed by atoms with E-state index in [0.29, 0.717) is 30.8 Å². The minimum absolute atomic E-state index is 0.0311. The number of rotatable bonds is 4. The van der Waals surface area contributed by atoms with Crippen molar-refractivity contribution in [1.82, 2.24) is 10.2 Å². The summed E-state index contributed by atoms with van der Waals surface area (Å²) in [5, 5.41) is 6.80. The highest BCUT2D eigenvalue weighted by atomic mass is 32.1. The summed E-state index contributed by atoms with van der Waals surface area (Å²) in [5.41, 5.74) is 1.63. The van der Waals surface area contributed by atoms with Crippen LogP contribution in [-0.2, 0) is 11.2 Å². The minimum atomic E-state index is -0.0311. The number of piperidine rings is 1. The third-order valence-electron chi connectivity index (χ3n) is 4.76. The number of benzene rings is 1. The van der Waals surface area contributed by atoms with E-state index in [9.17, 15) is 9.59 Å². The number of amides is 2. The lowest BCUT2D eigenvalue weighted by molar-refractivity contribution is -0.131. The van der Waals surface area contributed by atoms with Crippen LogP contribution in [0.25, 0.3) is 0 Å². The molecule has 1 fully saturated rings. The van der Waals surface area contributed by atoms with E-state index in [0.717, 1.165) is 24.2 Å². The van der Waals surface area contributed by atoms with Crippen LogP contribution in [0, 0.1) is 0 Å². The van der Waals surface area contributed by atoms with Gasteiger partial charge in [0, 0.05) is 30.1 Å². The van der Waals surface area contributed by atoms with Gasteiger partial charge in [-0.25, -0.2) is 0 Å². The van der Waals surface area contributed by atoms with Crippen molar-refractivity contribution in [3.63, 3.8) is 0 Å². The average Bonchev–Trinajstić information content (AvgIpc) is 3.33. The molecular weight excluding hydrogens is 352 g/mol. The Morgan fingerprint density at radius 1 is 1.15 bits per heavy atom. The Balaban J connectivity index is 1.27. The van der Waals surface area contributed by atoms with Crippen LogP contribution in [0.1, 0.15) is 28.8 Å². The van der Waals surface area contributed by atoms with Crippen LogP contribution in [0.2, 0.25) is 0 Å². The van der Waals surface area contributed by atoms with Gasteiger partial charge in [0.2, 0.25) is 12.7 Å². The molecule has 1 aromatic heterocycles. The number of hydrogen-bond acceptors (Lipinski definition) is 5. The number of likely N-dealkylation sites (tertiary alicyclic amines) is 1. The van der Waals surface area contributed by atoms with E-state index < -0.39 is 0 Å². The number of carbonyl (C=O) groups is 2. The molecule has 0 atom stereocenters. The van der Waals surface area contributed by atoms with Crippen molar-refractivity contribution >= 4 is 23.2 Å². The summed E-state index contributed by atoms with van der Waals surface area (Å²) in [6.45, 7) is 1.56. The third kappa shape index (κ3) is 3.67. The normalized spacial score (nSPS) is 16.5. The fraction of sp³-hybridized carbons (Fsp3) is 0.368. The van der Waals surface area contributed by atoms with Gasteiger partial charge in [-0.1, -0.05) is 6.07 Å². The molecule has 0 spiro atoms. The van der Waals surface area contributed by atoms with Crippen LogP contribution in [-0.4, -0.2) is 42.6 Å².